The van der Waals surface area contributed by atoms with E-state index in [0.29, 0.717) is 31.2 Å². The molecule has 0 unspecified atom stereocenters. The zero-order chi connectivity index (χ0) is 24.9. The minimum absolute atomic E-state index is 0.0284. The van der Waals surface area contributed by atoms with Crippen molar-refractivity contribution in [1.82, 2.24) is 20.4 Å². The minimum atomic E-state index is -0.972. The van der Waals surface area contributed by atoms with Gasteiger partial charge in [-0.3, -0.25) is 29.0 Å². The number of carbonyl (C=O) groups is 5. The Labute approximate surface area is 201 Å². The summed E-state index contributed by atoms with van der Waals surface area (Å²) in [6.07, 6.45) is 3.90. The first kappa shape index (κ1) is 25.4. The van der Waals surface area contributed by atoms with Gasteiger partial charge in [-0.2, -0.15) is 0 Å². The molecule has 0 saturated carbocycles. The molecule has 2 aliphatic rings. The highest BCUT2D eigenvalue weighted by molar-refractivity contribution is 8.18. The molecule has 3 rings (SSSR count). The van der Waals surface area contributed by atoms with E-state index < -0.39 is 46.9 Å². The largest absolute Gasteiger partial charge is 0.353 e. The second-order valence-corrected chi connectivity index (χ2v) is 9.13. The van der Waals surface area contributed by atoms with Crippen LogP contribution in [0.3, 0.4) is 0 Å². The van der Waals surface area contributed by atoms with Crippen molar-refractivity contribution in [3.8, 4) is 0 Å². The number of benzene rings is 1. The lowest BCUT2D eigenvalue weighted by atomic mass is 9.88. The van der Waals surface area contributed by atoms with Crippen molar-refractivity contribution in [1.29, 1.82) is 0 Å². The van der Waals surface area contributed by atoms with Crippen molar-refractivity contribution in [3.63, 3.8) is 0 Å². The Morgan fingerprint density at radius 2 is 1.74 bits per heavy atom. The van der Waals surface area contributed by atoms with Gasteiger partial charge < -0.3 is 10.6 Å². The summed E-state index contributed by atoms with van der Waals surface area (Å²) in [6.45, 7) is 3.32. The van der Waals surface area contributed by atoms with Gasteiger partial charge in [-0.1, -0.05) is 38.8 Å². The summed E-state index contributed by atoms with van der Waals surface area (Å²) in [5.74, 6) is -1.89. The molecular weight excluding hydrogens is 463 g/mol. The maximum Gasteiger partial charge on any atom is 0.325 e. The number of imide groups is 2. The van der Waals surface area contributed by atoms with Crippen LogP contribution in [0.25, 0.3) is 6.08 Å². The average Bonchev–Trinajstić information content (AvgIpc) is 3.18. The predicted molar refractivity (Wildman–Crippen MR) is 125 cm³/mol. The molecule has 1 aromatic rings. The first-order chi connectivity index (χ1) is 16.2. The van der Waals surface area contributed by atoms with Gasteiger partial charge in [0.05, 0.1) is 4.91 Å². The second kappa shape index (κ2) is 10.8. The molecule has 2 heterocycles. The highest BCUT2D eigenvalue weighted by Gasteiger charge is 2.50. The van der Waals surface area contributed by atoms with E-state index in [-0.39, 0.29) is 18.0 Å². The van der Waals surface area contributed by atoms with Crippen LogP contribution in [0.2, 0.25) is 0 Å². The van der Waals surface area contributed by atoms with Gasteiger partial charge in [-0.25, -0.2) is 9.18 Å². The summed E-state index contributed by atoms with van der Waals surface area (Å²) in [4.78, 5) is 64.5. The van der Waals surface area contributed by atoms with Crippen LogP contribution < -0.4 is 10.6 Å². The number of nitrogens with zero attached hydrogens (tertiary/aromatic N) is 2. The molecule has 0 aliphatic carbocycles. The first-order valence-corrected chi connectivity index (χ1v) is 11.9. The molecule has 34 heavy (non-hydrogen) atoms. The van der Waals surface area contributed by atoms with E-state index in [9.17, 15) is 28.4 Å². The summed E-state index contributed by atoms with van der Waals surface area (Å²) in [6, 6.07) is 4.90. The highest BCUT2D eigenvalue weighted by Crippen LogP contribution is 2.32. The van der Waals surface area contributed by atoms with E-state index in [4.69, 9.17) is 0 Å². The normalized spacial score (nSPS) is 18.7. The summed E-state index contributed by atoms with van der Waals surface area (Å²) in [5, 5.41) is 4.82. The Kier molecular flexibility index (Phi) is 8.08. The fourth-order valence-corrected chi connectivity index (χ4v) is 4.91. The van der Waals surface area contributed by atoms with Crippen LogP contribution in [0.5, 0.6) is 0 Å². The van der Waals surface area contributed by atoms with Crippen molar-refractivity contribution >= 4 is 46.8 Å². The number of hydrogen-bond donors (Lipinski definition) is 2. The van der Waals surface area contributed by atoms with Gasteiger partial charge in [0.2, 0.25) is 5.91 Å². The molecule has 1 aromatic carbocycles. The molecule has 2 aliphatic heterocycles. The number of amides is 6. The molecule has 11 heteroatoms. The van der Waals surface area contributed by atoms with E-state index in [1.807, 2.05) is 13.8 Å². The maximum absolute atomic E-state index is 13.1. The highest BCUT2D eigenvalue weighted by atomic mass is 32.2. The van der Waals surface area contributed by atoms with Gasteiger partial charge >= 0.3 is 6.03 Å². The number of halogens is 1. The Hall–Kier alpha value is -3.21. The average molecular weight is 491 g/mol. The van der Waals surface area contributed by atoms with Crippen LogP contribution >= 0.6 is 11.8 Å². The zero-order valence-corrected chi connectivity index (χ0v) is 19.9. The maximum atomic E-state index is 13.1. The van der Waals surface area contributed by atoms with Gasteiger partial charge in [-0.05, 0) is 48.4 Å². The third kappa shape index (κ3) is 5.46. The van der Waals surface area contributed by atoms with Crippen LogP contribution in [0.15, 0.2) is 29.2 Å². The third-order valence-electron chi connectivity index (χ3n) is 5.60. The van der Waals surface area contributed by atoms with E-state index in [0.717, 1.165) is 21.6 Å². The van der Waals surface area contributed by atoms with E-state index in [2.05, 4.69) is 10.6 Å². The SMILES string of the molecule is CCCC1(CCC)NC(=O)N(CC(=O)NCCN2C(=O)S/C(=C/c3ccc(F)cc3)C2=O)C1=O. The smallest absolute Gasteiger partial charge is 0.325 e. The summed E-state index contributed by atoms with van der Waals surface area (Å²) < 4.78 is 13.1. The van der Waals surface area contributed by atoms with Crippen molar-refractivity contribution in [2.45, 2.75) is 45.1 Å². The Morgan fingerprint density at radius 1 is 1.09 bits per heavy atom. The molecule has 2 N–H and O–H groups in total. The van der Waals surface area contributed by atoms with Crippen molar-refractivity contribution in [2.75, 3.05) is 19.6 Å². The van der Waals surface area contributed by atoms with Gasteiger partial charge in [-0.15, -0.1) is 0 Å². The number of hydrogen-bond acceptors (Lipinski definition) is 6. The molecule has 0 radical (unpaired) electrons. The van der Waals surface area contributed by atoms with Crippen LogP contribution in [0.1, 0.15) is 45.1 Å². The fourth-order valence-electron chi connectivity index (χ4n) is 4.05. The number of carbonyl (C=O) groups excluding carboxylic acids is 5. The summed E-state index contributed by atoms with van der Waals surface area (Å²) in [5.41, 5.74) is -0.393. The van der Waals surface area contributed by atoms with Gasteiger partial charge in [0, 0.05) is 13.1 Å². The number of urea groups is 1. The van der Waals surface area contributed by atoms with Gasteiger partial charge in [0.15, 0.2) is 0 Å². The molecule has 2 saturated heterocycles. The van der Waals surface area contributed by atoms with Gasteiger partial charge in [0.1, 0.15) is 17.9 Å². The lowest BCUT2D eigenvalue weighted by Crippen LogP contribution is -2.48. The van der Waals surface area contributed by atoms with Crippen LogP contribution in [-0.4, -0.2) is 64.0 Å². The second-order valence-electron chi connectivity index (χ2n) is 8.14. The molecule has 6 amide bonds. The quantitative estimate of drug-likeness (QED) is 0.385. The Bertz CT molecular complexity index is 1020. The predicted octanol–water partition coefficient (Wildman–Crippen LogP) is 2.87. The first-order valence-electron chi connectivity index (χ1n) is 11.1. The third-order valence-corrected chi connectivity index (χ3v) is 6.51. The minimum Gasteiger partial charge on any atom is -0.353 e. The Balaban J connectivity index is 1.53. The molecule has 182 valence electrons. The standard InChI is InChI=1S/C23H27FN4O5S/c1-3-9-23(10-4-2)20(31)28(21(32)26-23)14-18(29)25-11-12-27-19(30)17(34-22(27)33)13-15-5-7-16(24)8-6-15/h5-8,13H,3-4,9-12,14H2,1-2H3,(H,25,29)(H,26,32)/b17-13+. The summed E-state index contributed by atoms with van der Waals surface area (Å²) in [7, 11) is 0. The van der Waals surface area contributed by atoms with E-state index in [1.165, 1.54) is 30.3 Å². The number of nitrogens with one attached hydrogen (secondary N) is 2. The summed E-state index contributed by atoms with van der Waals surface area (Å²) >= 11 is 0.762. The topological polar surface area (TPSA) is 116 Å². The van der Waals surface area contributed by atoms with Crippen LogP contribution in [0.4, 0.5) is 14.0 Å². The molecule has 0 aromatic heterocycles. The zero-order valence-electron chi connectivity index (χ0n) is 19.1. The number of rotatable bonds is 10. The lowest BCUT2D eigenvalue weighted by molar-refractivity contribution is -0.135. The molecule has 0 atom stereocenters. The van der Waals surface area contributed by atoms with Crippen molar-refractivity contribution in [3.05, 3.63) is 40.6 Å². The fraction of sp³-hybridized carbons (Fsp3) is 0.435. The van der Waals surface area contributed by atoms with Crippen LogP contribution in [0, 0.1) is 5.82 Å². The number of thioether (sulfide) groups is 1. The van der Waals surface area contributed by atoms with Gasteiger partial charge in [0.25, 0.3) is 17.1 Å². The molecule has 0 bridgehead atoms. The van der Waals surface area contributed by atoms with Crippen LogP contribution in [-0.2, 0) is 14.4 Å². The van der Waals surface area contributed by atoms with E-state index >= 15 is 0 Å². The Morgan fingerprint density at radius 3 is 2.35 bits per heavy atom. The van der Waals surface area contributed by atoms with Crippen molar-refractivity contribution < 1.29 is 28.4 Å². The molecule has 0 spiro atoms. The molecule has 2 fully saturated rings. The lowest BCUT2D eigenvalue weighted by Gasteiger charge is -2.25. The molecular formula is C23H27FN4O5S. The monoisotopic (exact) mass is 490 g/mol. The van der Waals surface area contributed by atoms with E-state index in [1.54, 1.807) is 0 Å². The van der Waals surface area contributed by atoms with Crippen molar-refractivity contribution in [2.24, 2.45) is 0 Å². The molecule has 9 nitrogen and oxygen atoms in total.